The van der Waals surface area contributed by atoms with Gasteiger partial charge in [0.1, 0.15) is 6.54 Å². The number of rotatable bonds is 9. The molecule has 2 aromatic rings. The second kappa shape index (κ2) is 9.81. The van der Waals surface area contributed by atoms with E-state index in [1.54, 1.807) is 30.3 Å². The number of hydrogen-bond acceptors (Lipinski definition) is 5. The van der Waals surface area contributed by atoms with Crippen LogP contribution >= 0.6 is 0 Å². The normalized spacial score (nSPS) is 12.2. The average molecular weight is 463 g/mol. The van der Waals surface area contributed by atoms with E-state index in [4.69, 9.17) is 9.47 Å². The molecule has 0 saturated heterocycles. The fraction of sp³-hybridized carbons (Fsp3) is 0.458. The van der Waals surface area contributed by atoms with Crippen molar-refractivity contribution in [1.82, 2.24) is 5.32 Å². The molecule has 0 radical (unpaired) electrons. The highest BCUT2D eigenvalue weighted by atomic mass is 32.2. The van der Waals surface area contributed by atoms with E-state index in [9.17, 15) is 13.2 Å². The number of nitrogens with one attached hydrogen (secondary N) is 1. The van der Waals surface area contributed by atoms with E-state index in [1.165, 1.54) is 32.4 Å². The summed E-state index contributed by atoms with van der Waals surface area (Å²) in [6.45, 7) is 9.81. The first-order valence-corrected chi connectivity index (χ1v) is 11.8. The number of anilines is 1. The monoisotopic (exact) mass is 462 g/mol. The number of ether oxygens (including phenoxy) is 2. The van der Waals surface area contributed by atoms with Crippen molar-refractivity contribution >= 4 is 21.6 Å². The standard InChI is InChI=1S/C24H34N2O5S/c1-23(2,3)17-24(4,5)25-22(27)16-26(18-11-9-8-10-12-18)32(28,29)19-13-14-20(30-6)21(15-19)31-7/h8-15H,16-17H2,1-7H3,(H,25,27). The molecule has 2 aromatic carbocycles. The van der Waals surface area contributed by atoms with E-state index in [-0.39, 0.29) is 28.5 Å². The Balaban J connectivity index is 2.41. The van der Waals surface area contributed by atoms with Crippen LogP contribution in [0.4, 0.5) is 5.69 Å². The molecule has 0 aliphatic carbocycles. The van der Waals surface area contributed by atoms with Crippen LogP contribution in [0.3, 0.4) is 0 Å². The third-order valence-electron chi connectivity index (χ3n) is 4.72. The molecule has 0 atom stereocenters. The number of methoxy groups -OCH3 is 2. The number of carbonyl (C=O) groups is 1. The van der Waals surface area contributed by atoms with Gasteiger partial charge in [-0.2, -0.15) is 0 Å². The fourth-order valence-electron chi connectivity index (χ4n) is 3.93. The van der Waals surface area contributed by atoms with Crippen molar-refractivity contribution in [3.8, 4) is 11.5 Å². The zero-order chi connectivity index (χ0) is 24.2. The van der Waals surface area contributed by atoms with Gasteiger partial charge in [0.2, 0.25) is 5.91 Å². The molecule has 8 heteroatoms. The van der Waals surface area contributed by atoms with Gasteiger partial charge in [-0.15, -0.1) is 0 Å². The molecular weight excluding hydrogens is 428 g/mol. The number of hydrogen-bond donors (Lipinski definition) is 1. The first-order valence-electron chi connectivity index (χ1n) is 10.4. The van der Waals surface area contributed by atoms with Crippen molar-refractivity contribution in [3.05, 3.63) is 48.5 Å². The van der Waals surface area contributed by atoms with Crippen molar-refractivity contribution in [2.24, 2.45) is 5.41 Å². The SMILES string of the molecule is COc1ccc(S(=O)(=O)N(CC(=O)NC(C)(C)CC(C)(C)C)c2ccccc2)cc1OC. The third-order valence-corrected chi connectivity index (χ3v) is 6.49. The van der Waals surface area contributed by atoms with Crippen molar-refractivity contribution in [1.29, 1.82) is 0 Å². The molecule has 1 amide bonds. The Kier molecular flexibility index (Phi) is 7.83. The van der Waals surface area contributed by atoms with E-state index in [0.717, 1.165) is 10.7 Å². The van der Waals surface area contributed by atoms with Gasteiger partial charge in [-0.3, -0.25) is 9.10 Å². The van der Waals surface area contributed by atoms with Gasteiger partial charge < -0.3 is 14.8 Å². The molecule has 0 bridgehead atoms. The summed E-state index contributed by atoms with van der Waals surface area (Å²) in [7, 11) is -1.14. The molecule has 2 rings (SSSR count). The number of carbonyl (C=O) groups excluding carboxylic acids is 1. The zero-order valence-electron chi connectivity index (χ0n) is 19.9. The van der Waals surface area contributed by atoms with Crippen molar-refractivity contribution < 1.29 is 22.7 Å². The van der Waals surface area contributed by atoms with Crippen LogP contribution in [0.2, 0.25) is 0 Å². The van der Waals surface area contributed by atoms with Crippen LogP contribution < -0.4 is 19.1 Å². The first-order chi connectivity index (χ1) is 14.8. The number of benzene rings is 2. The largest absolute Gasteiger partial charge is 0.493 e. The average Bonchev–Trinajstić information content (AvgIpc) is 2.69. The quantitative estimate of drug-likeness (QED) is 0.603. The van der Waals surface area contributed by atoms with Crippen LogP contribution in [-0.4, -0.2) is 40.6 Å². The number of sulfonamides is 1. The Morgan fingerprint density at radius 1 is 0.938 bits per heavy atom. The smallest absolute Gasteiger partial charge is 0.264 e. The van der Waals surface area contributed by atoms with Gasteiger partial charge in [0.15, 0.2) is 11.5 Å². The lowest BCUT2D eigenvalue weighted by atomic mass is 9.82. The van der Waals surface area contributed by atoms with Crippen LogP contribution in [0.25, 0.3) is 0 Å². The summed E-state index contributed by atoms with van der Waals surface area (Å²) < 4.78 is 38.7. The molecule has 0 fully saturated rings. The second-order valence-corrected chi connectivity index (χ2v) is 11.4. The van der Waals surface area contributed by atoms with E-state index < -0.39 is 15.6 Å². The van der Waals surface area contributed by atoms with E-state index in [2.05, 4.69) is 26.1 Å². The Bertz CT molecular complexity index is 1030. The summed E-state index contributed by atoms with van der Waals surface area (Å²) in [5.74, 6) is 0.323. The van der Waals surface area contributed by atoms with E-state index in [1.807, 2.05) is 13.8 Å². The number of nitrogens with zero attached hydrogens (tertiary/aromatic N) is 1. The highest BCUT2D eigenvalue weighted by Crippen LogP contribution is 2.32. The lowest BCUT2D eigenvalue weighted by Crippen LogP contribution is -2.50. The van der Waals surface area contributed by atoms with Crippen LogP contribution in [-0.2, 0) is 14.8 Å². The minimum atomic E-state index is -4.06. The molecule has 7 nitrogen and oxygen atoms in total. The van der Waals surface area contributed by atoms with Gasteiger partial charge in [-0.25, -0.2) is 8.42 Å². The highest BCUT2D eigenvalue weighted by Gasteiger charge is 2.31. The van der Waals surface area contributed by atoms with Gasteiger partial charge in [-0.1, -0.05) is 39.0 Å². The van der Waals surface area contributed by atoms with E-state index in [0.29, 0.717) is 11.4 Å². The molecular formula is C24H34N2O5S. The summed E-state index contributed by atoms with van der Waals surface area (Å²) in [5.41, 5.74) is -0.0991. The van der Waals surface area contributed by atoms with Gasteiger partial charge in [0.05, 0.1) is 24.8 Å². The minimum absolute atomic E-state index is 0.000699. The molecule has 0 spiro atoms. The van der Waals surface area contributed by atoms with Crippen LogP contribution in [0.1, 0.15) is 41.0 Å². The molecule has 1 N–H and O–H groups in total. The van der Waals surface area contributed by atoms with Crippen molar-refractivity contribution in [2.75, 3.05) is 25.1 Å². The Morgan fingerprint density at radius 3 is 2.06 bits per heavy atom. The molecule has 32 heavy (non-hydrogen) atoms. The van der Waals surface area contributed by atoms with Crippen LogP contribution in [0.15, 0.2) is 53.4 Å². The molecule has 0 aliphatic rings. The summed E-state index contributed by atoms with van der Waals surface area (Å²) in [5, 5.41) is 2.99. The summed E-state index contributed by atoms with van der Waals surface area (Å²) >= 11 is 0. The van der Waals surface area contributed by atoms with Crippen molar-refractivity contribution in [2.45, 2.75) is 51.5 Å². The molecule has 0 aliphatic heterocycles. The predicted octanol–water partition coefficient (Wildman–Crippen LogP) is 4.23. The maximum absolute atomic E-state index is 13.6. The first kappa shape index (κ1) is 25.5. The topological polar surface area (TPSA) is 84.9 Å². The summed E-state index contributed by atoms with van der Waals surface area (Å²) in [6, 6.07) is 12.9. The lowest BCUT2D eigenvalue weighted by Gasteiger charge is -2.34. The Morgan fingerprint density at radius 2 is 1.53 bits per heavy atom. The highest BCUT2D eigenvalue weighted by molar-refractivity contribution is 7.92. The van der Waals surface area contributed by atoms with Gasteiger partial charge in [0, 0.05) is 11.6 Å². The Labute approximate surface area is 191 Å². The zero-order valence-corrected chi connectivity index (χ0v) is 20.7. The third kappa shape index (κ3) is 6.63. The summed E-state index contributed by atoms with van der Waals surface area (Å²) in [6.07, 6.45) is 0.736. The Hall–Kier alpha value is -2.74. The summed E-state index contributed by atoms with van der Waals surface area (Å²) in [4.78, 5) is 13.0. The van der Waals surface area contributed by atoms with E-state index >= 15 is 0 Å². The van der Waals surface area contributed by atoms with Gasteiger partial charge in [0.25, 0.3) is 10.0 Å². The van der Waals surface area contributed by atoms with Gasteiger partial charge >= 0.3 is 0 Å². The molecule has 0 aromatic heterocycles. The molecule has 176 valence electrons. The lowest BCUT2D eigenvalue weighted by molar-refractivity contribution is -0.121. The second-order valence-electron chi connectivity index (χ2n) is 9.53. The minimum Gasteiger partial charge on any atom is -0.493 e. The maximum atomic E-state index is 13.6. The van der Waals surface area contributed by atoms with Crippen molar-refractivity contribution in [3.63, 3.8) is 0 Å². The molecule has 0 heterocycles. The molecule has 0 unspecified atom stereocenters. The fourth-order valence-corrected chi connectivity index (χ4v) is 5.37. The van der Waals surface area contributed by atoms with Crippen LogP contribution in [0, 0.1) is 5.41 Å². The maximum Gasteiger partial charge on any atom is 0.264 e. The number of para-hydroxylation sites is 1. The van der Waals surface area contributed by atoms with Gasteiger partial charge in [-0.05, 0) is 49.9 Å². The molecule has 0 saturated carbocycles. The predicted molar refractivity (Wildman–Crippen MR) is 127 cm³/mol. The number of amides is 1. The van der Waals surface area contributed by atoms with Crippen LogP contribution in [0.5, 0.6) is 11.5 Å².